The lowest BCUT2D eigenvalue weighted by molar-refractivity contribution is -0.114. The molecule has 6 nitrogen and oxygen atoms in total. The van der Waals surface area contributed by atoms with E-state index in [0.29, 0.717) is 22.6 Å². The molecule has 3 rings (SSSR count). The van der Waals surface area contributed by atoms with Crippen LogP contribution in [0.5, 0.6) is 0 Å². The van der Waals surface area contributed by atoms with Crippen LogP contribution < -0.4 is 16.0 Å². The van der Waals surface area contributed by atoms with Crippen LogP contribution in [0, 0.1) is 19.7 Å². The first-order valence-corrected chi connectivity index (χ1v) is 9.60. The maximum absolute atomic E-state index is 13.9. The second kappa shape index (κ2) is 9.21. The van der Waals surface area contributed by atoms with Gasteiger partial charge in [0, 0.05) is 18.2 Å². The first kappa shape index (κ1) is 21.7. The zero-order chi connectivity index (χ0) is 22.5. The van der Waals surface area contributed by atoms with Crippen molar-refractivity contribution in [1.82, 2.24) is 0 Å². The van der Waals surface area contributed by atoms with E-state index in [1.165, 1.54) is 31.2 Å². The number of hydrogen-bond acceptors (Lipinski definition) is 3. The molecule has 0 unspecified atom stereocenters. The molecule has 31 heavy (non-hydrogen) atoms. The van der Waals surface area contributed by atoms with Gasteiger partial charge in [0.1, 0.15) is 5.82 Å². The van der Waals surface area contributed by atoms with E-state index >= 15 is 0 Å². The van der Waals surface area contributed by atoms with E-state index in [1.54, 1.807) is 37.3 Å². The lowest BCUT2D eigenvalue weighted by atomic mass is 10.1. The second-order valence-electron chi connectivity index (χ2n) is 7.15. The van der Waals surface area contributed by atoms with Gasteiger partial charge in [-0.2, -0.15) is 0 Å². The van der Waals surface area contributed by atoms with E-state index in [-0.39, 0.29) is 11.5 Å². The van der Waals surface area contributed by atoms with Gasteiger partial charge in [0.25, 0.3) is 11.8 Å². The average molecular weight is 419 g/mol. The summed E-state index contributed by atoms with van der Waals surface area (Å²) < 4.78 is 13.9. The molecule has 0 fully saturated rings. The van der Waals surface area contributed by atoms with Crippen LogP contribution in [0.3, 0.4) is 0 Å². The Kier molecular flexibility index (Phi) is 6.45. The van der Waals surface area contributed by atoms with Crippen molar-refractivity contribution in [2.24, 2.45) is 0 Å². The first-order chi connectivity index (χ1) is 14.7. The molecular formula is C24H22FN3O3. The number of amides is 3. The number of aryl methyl sites for hydroxylation is 2. The SMILES string of the molecule is CC(=O)Nc1ccc(C)cc1NC(=O)c1ccc(C)c(NC(=O)c2ccccc2F)c1. The topological polar surface area (TPSA) is 87.3 Å². The van der Waals surface area contributed by atoms with Crippen molar-refractivity contribution in [1.29, 1.82) is 0 Å². The van der Waals surface area contributed by atoms with Crippen LogP contribution in [0.1, 0.15) is 38.8 Å². The number of nitrogens with one attached hydrogen (secondary N) is 3. The van der Waals surface area contributed by atoms with E-state index in [0.717, 1.165) is 11.1 Å². The Morgan fingerprint density at radius 1 is 0.742 bits per heavy atom. The normalized spacial score (nSPS) is 10.3. The minimum atomic E-state index is -0.628. The molecule has 0 aromatic heterocycles. The van der Waals surface area contributed by atoms with Crippen molar-refractivity contribution in [3.05, 3.63) is 88.7 Å². The Hall–Kier alpha value is -4.00. The Bertz CT molecular complexity index is 1170. The zero-order valence-corrected chi connectivity index (χ0v) is 17.4. The van der Waals surface area contributed by atoms with Crippen LogP contribution in [0.2, 0.25) is 0 Å². The lowest BCUT2D eigenvalue weighted by Crippen LogP contribution is -2.17. The van der Waals surface area contributed by atoms with Gasteiger partial charge in [-0.3, -0.25) is 14.4 Å². The summed E-state index contributed by atoms with van der Waals surface area (Å²) in [5.74, 6) is -1.91. The standard InChI is InChI=1S/C24H22FN3O3/c1-14-8-11-20(26-16(3)29)22(12-14)28-23(30)17-10-9-15(2)21(13-17)27-24(31)18-6-4-5-7-19(18)25/h4-13H,1-3H3,(H,26,29)(H,27,31)(H,28,30). The van der Waals surface area contributed by atoms with Crippen molar-refractivity contribution in [2.45, 2.75) is 20.8 Å². The minimum absolute atomic E-state index is 0.0866. The highest BCUT2D eigenvalue weighted by Crippen LogP contribution is 2.25. The fraction of sp³-hybridized carbons (Fsp3) is 0.125. The van der Waals surface area contributed by atoms with Gasteiger partial charge in [0.2, 0.25) is 5.91 Å². The Labute approximate surface area is 179 Å². The fourth-order valence-electron chi connectivity index (χ4n) is 2.99. The van der Waals surface area contributed by atoms with Crippen LogP contribution >= 0.6 is 0 Å². The molecule has 3 aromatic rings. The molecule has 0 saturated heterocycles. The number of carbonyl (C=O) groups excluding carboxylic acids is 3. The smallest absolute Gasteiger partial charge is 0.258 e. The summed E-state index contributed by atoms with van der Waals surface area (Å²) in [5.41, 5.74) is 3.17. The second-order valence-corrected chi connectivity index (χ2v) is 7.15. The van der Waals surface area contributed by atoms with Crippen LogP contribution in [-0.4, -0.2) is 17.7 Å². The molecule has 0 radical (unpaired) electrons. The van der Waals surface area contributed by atoms with Gasteiger partial charge in [0.15, 0.2) is 0 Å². The summed E-state index contributed by atoms with van der Waals surface area (Å²) in [6, 6.07) is 15.8. The molecule has 3 aromatic carbocycles. The van der Waals surface area contributed by atoms with E-state index in [9.17, 15) is 18.8 Å². The van der Waals surface area contributed by atoms with Crippen molar-refractivity contribution >= 4 is 34.8 Å². The Morgan fingerprint density at radius 3 is 2.16 bits per heavy atom. The van der Waals surface area contributed by atoms with Crippen molar-refractivity contribution < 1.29 is 18.8 Å². The third-order valence-corrected chi connectivity index (χ3v) is 4.60. The molecule has 0 aliphatic rings. The predicted molar refractivity (Wildman–Crippen MR) is 119 cm³/mol. The number of halogens is 1. The summed E-state index contributed by atoms with van der Waals surface area (Å²) in [6.45, 7) is 5.03. The highest BCUT2D eigenvalue weighted by molar-refractivity contribution is 6.09. The van der Waals surface area contributed by atoms with Crippen LogP contribution in [0.15, 0.2) is 60.7 Å². The molecular weight excluding hydrogens is 397 g/mol. The summed E-state index contributed by atoms with van der Waals surface area (Å²) in [6.07, 6.45) is 0. The molecule has 7 heteroatoms. The molecule has 0 heterocycles. The van der Waals surface area contributed by atoms with Gasteiger partial charge in [0.05, 0.1) is 16.9 Å². The Morgan fingerprint density at radius 2 is 1.45 bits per heavy atom. The highest BCUT2D eigenvalue weighted by atomic mass is 19.1. The number of rotatable bonds is 5. The third-order valence-electron chi connectivity index (χ3n) is 4.60. The van der Waals surface area contributed by atoms with Crippen molar-refractivity contribution in [3.63, 3.8) is 0 Å². The lowest BCUT2D eigenvalue weighted by Gasteiger charge is -2.14. The molecule has 0 bridgehead atoms. The van der Waals surface area contributed by atoms with E-state index in [4.69, 9.17) is 0 Å². The summed E-state index contributed by atoms with van der Waals surface area (Å²) in [4.78, 5) is 36.7. The monoisotopic (exact) mass is 419 g/mol. The van der Waals surface area contributed by atoms with Gasteiger partial charge in [-0.05, 0) is 61.4 Å². The number of hydrogen-bond donors (Lipinski definition) is 3. The van der Waals surface area contributed by atoms with Crippen molar-refractivity contribution in [2.75, 3.05) is 16.0 Å². The zero-order valence-electron chi connectivity index (χ0n) is 17.4. The molecule has 3 N–H and O–H groups in total. The predicted octanol–water partition coefficient (Wildman–Crippen LogP) is 4.91. The summed E-state index contributed by atoms with van der Waals surface area (Å²) in [5, 5.41) is 8.13. The van der Waals surface area contributed by atoms with Gasteiger partial charge in [-0.1, -0.05) is 24.3 Å². The van der Waals surface area contributed by atoms with Crippen molar-refractivity contribution in [3.8, 4) is 0 Å². The third kappa shape index (κ3) is 5.33. The summed E-state index contributed by atoms with van der Waals surface area (Å²) >= 11 is 0. The number of carbonyl (C=O) groups is 3. The van der Waals surface area contributed by atoms with Crippen LogP contribution in [-0.2, 0) is 4.79 Å². The average Bonchev–Trinajstić information content (AvgIpc) is 2.71. The Balaban J connectivity index is 1.84. The summed E-state index contributed by atoms with van der Waals surface area (Å²) in [7, 11) is 0. The van der Waals surface area contributed by atoms with E-state index < -0.39 is 17.6 Å². The van der Waals surface area contributed by atoms with Gasteiger partial charge in [-0.25, -0.2) is 4.39 Å². The van der Waals surface area contributed by atoms with E-state index in [1.807, 2.05) is 13.0 Å². The first-order valence-electron chi connectivity index (χ1n) is 9.60. The molecule has 158 valence electrons. The number of benzene rings is 3. The largest absolute Gasteiger partial charge is 0.325 e. The molecule has 0 aliphatic heterocycles. The highest BCUT2D eigenvalue weighted by Gasteiger charge is 2.15. The molecule has 0 saturated carbocycles. The quantitative estimate of drug-likeness (QED) is 0.549. The fourth-order valence-corrected chi connectivity index (χ4v) is 2.99. The molecule has 0 atom stereocenters. The maximum Gasteiger partial charge on any atom is 0.258 e. The van der Waals surface area contributed by atoms with Gasteiger partial charge in [-0.15, -0.1) is 0 Å². The molecule has 0 spiro atoms. The van der Waals surface area contributed by atoms with E-state index in [2.05, 4.69) is 16.0 Å². The van der Waals surface area contributed by atoms with Crippen LogP contribution in [0.25, 0.3) is 0 Å². The maximum atomic E-state index is 13.9. The molecule has 0 aliphatic carbocycles. The van der Waals surface area contributed by atoms with Gasteiger partial charge < -0.3 is 16.0 Å². The van der Waals surface area contributed by atoms with Crippen LogP contribution in [0.4, 0.5) is 21.5 Å². The molecule has 3 amide bonds. The minimum Gasteiger partial charge on any atom is -0.325 e. The van der Waals surface area contributed by atoms with Gasteiger partial charge >= 0.3 is 0 Å². The number of anilines is 3.